The Kier molecular flexibility index (Phi) is 7.48. The minimum Gasteiger partial charge on any atom is -0.395 e. The van der Waals surface area contributed by atoms with Crippen molar-refractivity contribution in [3.05, 3.63) is 0 Å². The lowest BCUT2D eigenvalue weighted by Gasteiger charge is -2.31. The van der Waals surface area contributed by atoms with Gasteiger partial charge in [0.2, 0.25) is 0 Å². The maximum absolute atomic E-state index is 6.03. The average Bonchev–Trinajstić information content (AvgIpc) is 2.14. The minimum absolute atomic E-state index is 0.0393. The minimum atomic E-state index is -1.15. The lowest BCUT2D eigenvalue weighted by atomic mass is 10.2. The van der Waals surface area contributed by atoms with E-state index in [9.17, 15) is 0 Å². The lowest BCUT2D eigenvalue weighted by Crippen LogP contribution is -2.33. The summed E-state index contributed by atoms with van der Waals surface area (Å²) in [7, 11) is 0.559. The predicted octanol–water partition coefficient (Wildman–Crippen LogP) is 3.71. The van der Waals surface area contributed by atoms with Gasteiger partial charge in [-0.3, -0.25) is 0 Å². The topological polar surface area (TPSA) is 18.5 Å². The molecule has 92 valence electrons. The number of rotatable bonds is 7. The van der Waals surface area contributed by atoms with E-state index in [2.05, 4.69) is 27.7 Å². The van der Waals surface area contributed by atoms with Crippen LogP contribution in [0.25, 0.3) is 0 Å². The molecule has 3 heteroatoms. The van der Waals surface area contributed by atoms with Crippen LogP contribution >= 0.6 is 0 Å². The molecule has 2 unspecified atom stereocenters. The molecule has 0 aliphatic rings. The highest BCUT2D eigenvalue weighted by atomic mass is 28.3. The molecule has 15 heavy (non-hydrogen) atoms. The Morgan fingerprint density at radius 2 is 1.80 bits per heavy atom. The van der Waals surface area contributed by atoms with Crippen LogP contribution in [0.2, 0.25) is 11.1 Å². The van der Waals surface area contributed by atoms with Crippen molar-refractivity contribution < 1.29 is 9.16 Å². The van der Waals surface area contributed by atoms with Crippen molar-refractivity contribution >= 4 is 9.04 Å². The third-order valence-corrected chi connectivity index (χ3v) is 6.30. The maximum Gasteiger partial charge on any atom is 0.185 e. The van der Waals surface area contributed by atoms with Crippen LogP contribution in [0.3, 0.4) is 0 Å². The first kappa shape index (κ1) is 15.1. The van der Waals surface area contributed by atoms with Crippen molar-refractivity contribution in [1.29, 1.82) is 0 Å². The molecular weight excluding hydrogens is 204 g/mol. The van der Waals surface area contributed by atoms with Crippen LogP contribution < -0.4 is 0 Å². The normalized spacial score (nSPS) is 16.4. The first-order valence-electron chi connectivity index (χ1n) is 6.10. The molecule has 0 bridgehead atoms. The van der Waals surface area contributed by atoms with Crippen molar-refractivity contribution in [2.45, 2.75) is 71.3 Å². The molecule has 0 N–H and O–H groups in total. The molecule has 0 saturated carbocycles. The van der Waals surface area contributed by atoms with Crippen LogP contribution in [0.1, 0.15) is 53.9 Å². The van der Waals surface area contributed by atoms with E-state index in [1.54, 1.807) is 7.11 Å². The van der Waals surface area contributed by atoms with E-state index in [1.807, 2.05) is 6.92 Å². The number of ether oxygens (including phenoxy) is 1. The summed E-state index contributed by atoms with van der Waals surface area (Å²) in [5.74, 6) is 0. The van der Waals surface area contributed by atoms with Crippen LogP contribution in [0.15, 0.2) is 0 Å². The van der Waals surface area contributed by atoms with Gasteiger partial charge in [-0.2, -0.15) is 0 Å². The summed E-state index contributed by atoms with van der Waals surface area (Å²) in [5.41, 5.74) is 0. The Bertz CT molecular complexity index is 154. The third-order valence-electron chi connectivity index (χ3n) is 2.72. The molecule has 0 spiro atoms. The standard InChI is InChI=1S/C12H28O2Si/c1-7-8-9-10-15(12(3,4)5)14-11(2)13-6/h11,15H,7-10H2,1-6H3. The maximum atomic E-state index is 6.03. The number of hydrogen-bond acceptors (Lipinski definition) is 2. The average molecular weight is 232 g/mol. The highest BCUT2D eigenvalue weighted by molar-refractivity contribution is 6.55. The fourth-order valence-corrected chi connectivity index (χ4v) is 4.22. The molecule has 0 aliphatic carbocycles. The van der Waals surface area contributed by atoms with Gasteiger partial charge in [0.1, 0.15) is 6.29 Å². The number of methoxy groups -OCH3 is 1. The van der Waals surface area contributed by atoms with Gasteiger partial charge in [0.25, 0.3) is 0 Å². The Labute approximate surface area is 97.1 Å². The molecule has 0 radical (unpaired) electrons. The fraction of sp³-hybridized carbons (Fsp3) is 1.00. The van der Waals surface area contributed by atoms with Crippen molar-refractivity contribution in [2.75, 3.05) is 7.11 Å². The highest BCUT2D eigenvalue weighted by Crippen LogP contribution is 2.31. The van der Waals surface area contributed by atoms with Gasteiger partial charge in [0.15, 0.2) is 9.04 Å². The summed E-state index contributed by atoms with van der Waals surface area (Å²) >= 11 is 0. The fourth-order valence-electron chi connectivity index (χ4n) is 1.57. The van der Waals surface area contributed by atoms with Gasteiger partial charge in [-0.15, -0.1) is 0 Å². The zero-order valence-corrected chi connectivity index (χ0v) is 12.5. The van der Waals surface area contributed by atoms with Gasteiger partial charge in [-0.1, -0.05) is 47.0 Å². The summed E-state index contributed by atoms with van der Waals surface area (Å²) in [6.07, 6.45) is 3.87. The molecule has 0 fully saturated rings. The third kappa shape index (κ3) is 7.09. The molecule has 0 aliphatic heterocycles. The Morgan fingerprint density at radius 1 is 1.20 bits per heavy atom. The van der Waals surface area contributed by atoms with Gasteiger partial charge >= 0.3 is 0 Å². The Balaban J connectivity index is 4.08. The van der Waals surface area contributed by atoms with E-state index in [1.165, 1.54) is 25.3 Å². The van der Waals surface area contributed by atoms with Crippen molar-refractivity contribution in [2.24, 2.45) is 0 Å². The molecule has 0 heterocycles. The first-order chi connectivity index (χ1) is 6.91. The molecule has 0 rings (SSSR count). The zero-order chi connectivity index (χ0) is 11.9. The van der Waals surface area contributed by atoms with Crippen LogP contribution in [0.5, 0.6) is 0 Å². The van der Waals surface area contributed by atoms with E-state index in [0.29, 0.717) is 5.04 Å². The van der Waals surface area contributed by atoms with Crippen molar-refractivity contribution in [3.63, 3.8) is 0 Å². The highest BCUT2D eigenvalue weighted by Gasteiger charge is 2.28. The summed E-state index contributed by atoms with van der Waals surface area (Å²) in [6, 6.07) is 1.27. The number of unbranched alkanes of at least 4 members (excludes halogenated alkanes) is 2. The lowest BCUT2D eigenvalue weighted by molar-refractivity contribution is -0.0440. The summed E-state index contributed by atoms with van der Waals surface area (Å²) in [6.45, 7) is 11.1. The van der Waals surface area contributed by atoms with Crippen molar-refractivity contribution in [3.8, 4) is 0 Å². The van der Waals surface area contributed by atoms with Crippen LogP contribution in [-0.2, 0) is 9.16 Å². The smallest absolute Gasteiger partial charge is 0.185 e. The number of hydrogen-bond donors (Lipinski definition) is 0. The molecule has 2 nitrogen and oxygen atoms in total. The SMILES string of the molecule is CCCCC[SiH](OC(C)OC)C(C)(C)C. The van der Waals surface area contributed by atoms with E-state index in [-0.39, 0.29) is 6.29 Å². The molecule has 0 aromatic heterocycles. The Morgan fingerprint density at radius 3 is 2.20 bits per heavy atom. The van der Waals surface area contributed by atoms with E-state index < -0.39 is 9.04 Å². The molecule has 0 saturated heterocycles. The summed E-state index contributed by atoms with van der Waals surface area (Å²) < 4.78 is 11.2. The van der Waals surface area contributed by atoms with E-state index >= 15 is 0 Å². The van der Waals surface area contributed by atoms with Crippen molar-refractivity contribution in [1.82, 2.24) is 0 Å². The van der Waals surface area contributed by atoms with Crippen LogP contribution in [-0.4, -0.2) is 22.4 Å². The van der Waals surface area contributed by atoms with Gasteiger partial charge in [-0.25, -0.2) is 0 Å². The van der Waals surface area contributed by atoms with Gasteiger partial charge in [-0.05, 0) is 18.0 Å². The Hall–Kier alpha value is 0.137. The zero-order valence-electron chi connectivity index (χ0n) is 11.3. The van der Waals surface area contributed by atoms with Gasteiger partial charge in [0, 0.05) is 7.11 Å². The quantitative estimate of drug-likeness (QED) is 0.378. The van der Waals surface area contributed by atoms with E-state index in [4.69, 9.17) is 9.16 Å². The molecule has 2 atom stereocenters. The van der Waals surface area contributed by atoms with Crippen LogP contribution in [0.4, 0.5) is 0 Å². The van der Waals surface area contributed by atoms with Gasteiger partial charge in [0.05, 0.1) is 0 Å². The molecule has 0 aromatic rings. The summed E-state index contributed by atoms with van der Waals surface area (Å²) in [4.78, 5) is 0. The molecule has 0 amide bonds. The van der Waals surface area contributed by atoms with Gasteiger partial charge < -0.3 is 9.16 Å². The predicted molar refractivity (Wildman–Crippen MR) is 68.8 cm³/mol. The first-order valence-corrected chi connectivity index (χ1v) is 7.96. The van der Waals surface area contributed by atoms with Crippen LogP contribution in [0, 0.1) is 0 Å². The summed E-state index contributed by atoms with van der Waals surface area (Å²) in [5, 5.41) is 0.334. The monoisotopic (exact) mass is 232 g/mol. The second-order valence-electron chi connectivity index (χ2n) is 5.29. The largest absolute Gasteiger partial charge is 0.395 e. The molecule has 0 aromatic carbocycles. The molecular formula is C12H28O2Si. The second kappa shape index (κ2) is 7.42. The second-order valence-corrected chi connectivity index (χ2v) is 8.85. The van der Waals surface area contributed by atoms with E-state index in [0.717, 1.165) is 0 Å².